The van der Waals surface area contributed by atoms with E-state index in [-0.39, 0.29) is 11.6 Å². The first-order valence-corrected chi connectivity index (χ1v) is 5.63. The van der Waals surface area contributed by atoms with Crippen molar-refractivity contribution in [3.63, 3.8) is 0 Å². The van der Waals surface area contributed by atoms with Crippen LogP contribution in [0.1, 0.15) is 11.3 Å². The van der Waals surface area contributed by atoms with E-state index in [0.29, 0.717) is 11.5 Å². The van der Waals surface area contributed by atoms with Crippen molar-refractivity contribution in [2.75, 3.05) is 19.6 Å². The minimum Gasteiger partial charge on any atom is -0.493 e. The minimum absolute atomic E-state index is 0.139. The van der Waals surface area contributed by atoms with Crippen LogP contribution in [0.15, 0.2) is 34.1 Å². The van der Waals surface area contributed by atoms with Crippen LogP contribution >= 0.6 is 0 Å². The van der Waals surface area contributed by atoms with Crippen LogP contribution in [-0.4, -0.2) is 25.4 Å². The summed E-state index contributed by atoms with van der Waals surface area (Å²) < 4.78 is 15.4. The molecule has 0 amide bonds. The fraction of sp³-hybridized carbons (Fsp3) is 0.154. The summed E-state index contributed by atoms with van der Waals surface area (Å²) >= 11 is 0. The number of ether oxygens (including phenoxy) is 2. The van der Waals surface area contributed by atoms with E-state index in [1.165, 1.54) is 12.6 Å². The molecule has 7 heteroatoms. The number of nitriles is 1. The molecule has 1 aromatic heterocycles. The smallest absolute Gasteiger partial charge is 0.251 e. The second kappa shape index (κ2) is 6.24. The molecule has 0 unspecified atom stereocenters. The predicted octanol–water partition coefficient (Wildman–Crippen LogP) is 2.01. The fourth-order valence-electron chi connectivity index (χ4n) is 1.58. The van der Waals surface area contributed by atoms with Gasteiger partial charge in [0.1, 0.15) is 6.07 Å². The molecule has 0 atom stereocenters. The van der Waals surface area contributed by atoms with Crippen LogP contribution in [-0.2, 0) is 0 Å². The standard InChI is InChI=1S/C13H12N4O3/c1-18-11-5-3-4-9(12(11)19-2)7-16-17-13-10(6-14)15-8-20-13/h3-5,7-8,17H,1-2H3/b16-7-. The Labute approximate surface area is 115 Å². The molecule has 0 bridgehead atoms. The number of hydrogen-bond donors (Lipinski definition) is 1. The lowest BCUT2D eigenvalue weighted by Gasteiger charge is -2.09. The van der Waals surface area contributed by atoms with E-state index >= 15 is 0 Å². The zero-order valence-electron chi connectivity index (χ0n) is 11.0. The maximum absolute atomic E-state index is 8.77. The summed E-state index contributed by atoms with van der Waals surface area (Å²) in [4.78, 5) is 3.71. The van der Waals surface area contributed by atoms with Gasteiger partial charge >= 0.3 is 0 Å². The van der Waals surface area contributed by atoms with Crippen LogP contribution in [0.25, 0.3) is 0 Å². The molecular weight excluding hydrogens is 260 g/mol. The molecule has 0 aliphatic heterocycles. The molecule has 7 nitrogen and oxygen atoms in total. The van der Waals surface area contributed by atoms with Crippen molar-refractivity contribution in [1.29, 1.82) is 5.26 Å². The van der Waals surface area contributed by atoms with Gasteiger partial charge in [-0.2, -0.15) is 10.4 Å². The molecule has 0 saturated heterocycles. The monoisotopic (exact) mass is 272 g/mol. The van der Waals surface area contributed by atoms with E-state index in [1.807, 2.05) is 18.2 Å². The van der Waals surface area contributed by atoms with Crippen LogP contribution in [0.2, 0.25) is 0 Å². The zero-order valence-corrected chi connectivity index (χ0v) is 11.0. The third-order valence-corrected chi connectivity index (χ3v) is 2.48. The molecule has 0 aliphatic carbocycles. The third-order valence-electron chi connectivity index (χ3n) is 2.48. The number of hydrazone groups is 1. The van der Waals surface area contributed by atoms with Crippen molar-refractivity contribution >= 4 is 12.1 Å². The Bertz CT molecular complexity index is 658. The van der Waals surface area contributed by atoms with Crippen molar-refractivity contribution in [2.24, 2.45) is 5.10 Å². The number of rotatable bonds is 5. The molecule has 0 fully saturated rings. The number of nitrogens with one attached hydrogen (secondary N) is 1. The van der Waals surface area contributed by atoms with Crippen LogP contribution in [0, 0.1) is 11.3 Å². The lowest BCUT2D eigenvalue weighted by Crippen LogP contribution is -1.97. The van der Waals surface area contributed by atoms with Gasteiger partial charge in [-0.1, -0.05) is 6.07 Å². The number of nitrogens with zero attached hydrogens (tertiary/aromatic N) is 3. The second-order valence-electron chi connectivity index (χ2n) is 3.59. The first-order valence-electron chi connectivity index (χ1n) is 5.63. The maximum atomic E-state index is 8.77. The third kappa shape index (κ3) is 2.70. The molecular formula is C13H12N4O3. The number of anilines is 1. The van der Waals surface area contributed by atoms with E-state index in [4.69, 9.17) is 19.2 Å². The number of aromatic nitrogens is 1. The molecule has 1 heterocycles. The highest BCUT2D eigenvalue weighted by Crippen LogP contribution is 2.29. The van der Waals surface area contributed by atoms with Crippen molar-refractivity contribution in [3.8, 4) is 17.6 Å². The molecule has 102 valence electrons. The lowest BCUT2D eigenvalue weighted by atomic mass is 10.2. The van der Waals surface area contributed by atoms with Crippen LogP contribution in [0.3, 0.4) is 0 Å². The van der Waals surface area contributed by atoms with Gasteiger partial charge in [0, 0.05) is 5.56 Å². The summed E-state index contributed by atoms with van der Waals surface area (Å²) in [6, 6.07) is 7.30. The van der Waals surface area contributed by atoms with Crippen molar-refractivity contribution < 1.29 is 13.9 Å². The van der Waals surface area contributed by atoms with Crippen LogP contribution < -0.4 is 14.9 Å². The Kier molecular flexibility index (Phi) is 4.19. The van der Waals surface area contributed by atoms with E-state index in [9.17, 15) is 0 Å². The van der Waals surface area contributed by atoms with Gasteiger partial charge in [-0.05, 0) is 12.1 Å². The summed E-state index contributed by atoms with van der Waals surface area (Å²) in [5.41, 5.74) is 3.46. The number of oxazole rings is 1. The molecule has 2 rings (SSSR count). The molecule has 1 aromatic carbocycles. The Hall–Kier alpha value is -3.01. The molecule has 0 aliphatic rings. The van der Waals surface area contributed by atoms with E-state index in [1.54, 1.807) is 20.3 Å². The first kappa shape index (κ1) is 13.4. The SMILES string of the molecule is COc1cccc(/C=N\Nc2ocnc2C#N)c1OC. The quantitative estimate of drug-likeness (QED) is 0.661. The highest BCUT2D eigenvalue weighted by atomic mass is 16.5. The Morgan fingerprint density at radius 1 is 1.40 bits per heavy atom. The Morgan fingerprint density at radius 2 is 2.25 bits per heavy atom. The first-order chi connectivity index (χ1) is 9.80. The number of hydrogen-bond acceptors (Lipinski definition) is 7. The van der Waals surface area contributed by atoms with Crippen LogP contribution in [0.4, 0.5) is 5.88 Å². The Morgan fingerprint density at radius 3 is 2.95 bits per heavy atom. The number of benzene rings is 1. The molecule has 0 spiro atoms. The number of methoxy groups -OCH3 is 2. The Balaban J connectivity index is 2.18. The predicted molar refractivity (Wildman–Crippen MR) is 72.0 cm³/mol. The van der Waals surface area contributed by atoms with Gasteiger partial charge in [-0.25, -0.2) is 10.4 Å². The average Bonchev–Trinajstić information content (AvgIpc) is 2.94. The molecule has 2 aromatic rings. The molecule has 0 saturated carbocycles. The van der Waals surface area contributed by atoms with Crippen molar-refractivity contribution in [2.45, 2.75) is 0 Å². The van der Waals surface area contributed by atoms with Crippen LogP contribution in [0.5, 0.6) is 11.5 Å². The highest BCUT2D eigenvalue weighted by Gasteiger charge is 2.08. The summed E-state index contributed by atoms with van der Waals surface area (Å²) in [5.74, 6) is 1.36. The average molecular weight is 272 g/mol. The van der Waals surface area contributed by atoms with Crippen molar-refractivity contribution in [1.82, 2.24) is 4.98 Å². The summed E-state index contributed by atoms with van der Waals surface area (Å²) in [7, 11) is 3.11. The summed E-state index contributed by atoms with van der Waals surface area (Å²) in [5, 5.41) is 12.8. The minimum atomic E-state index is 0.139. The highest BCUT2D eigenvalue weighted by molar-refractivity contribution is 5.85. The summed E-state index contributed by atoms with van der Waals surface area (Å²) in [6.45, 7) is 0. The second-order valence-corrected chi connectivity index (χ2v) is 3.59. The molecule has 1 N–H and O–H groups in total. The van der Waals surface area contributed by atoms with Gasteiger partial charge in [0.25, 0.3) is 5.88 Å². The summed E-state index contributed by atoms with van der Waals surface area (Å²) in [6.07, 6.45) is 2.70. The maximum Gasteiger partial charge on any atom is 0.251 e. The van der Waals surface area contributed by atoms with Gasteiger partial charge in [0.2, 0.25) is 5.69 Å². The van der Waals surface area contributed by atoms with Gasteiger partial charge in [0.05, 0.1) is 20.4 Å². The topological polar surface area (TPSA) is 92.7 Å². The molecule has 20 heavy (non-hydrogen) atoms. The van der Waals surface area contributed by atoms with E-state index in [0.717, 1.165) is 5.56 Å². The fourth-order valence-corrected chi connectivity index (χ4v) is 1.58. The van der Waals surface area contributed by atoms with Crippen molar-refractivity contribution in [3.05, 3.63) is 35.9 Å². The number of para-hydroxylation sites is 1. The largest absolute Gasteiger partial charge is 0.493 e. The van der Waals surface area contributed by atoms with Gasteiger partial charge in [-0.15, -0.1) is 0 Å². The zero-order chi connectivity index (χ0) is 14.4. The molecule has 0 radical (unpaired) electrons. The van der Waals surface area contributed by atoms with E-state index in [2.05, 4.69) is 15.5 Å². The normalized spacial score (nSPS) is 10.2. The van der Waals surface area contributed by atoms with Gasteiger partial charge in [-0.3, -0.25) is 0 Å². The van der Waals surface area contributed by atoms with Gasteiger partial charge < -0.3 is 13.9 Å². The lowest BCUT2D eigenvalue weighted by molar-refractivity contribution is 0.354. The van der Waals surface area contributed by atoms with Gasteiger partial charge in [0.15, 0.2) is 17.9 Å². The van der Waals surface area contributed by atoms with E-state index < -0.39 is 0 Å².